The number of nitrogens with zero attached hydrogens (tertiary/aromatic N) is 2. The molecular formula is C25H30ClF3N4O4S. The first kappa shape index (κ1) is 29.7. The molecular weight excluding hydrogens is 545 g/mol. The van der Waals surface area contributed by atoms with Crippen molar-refractivity contribution in [1.82, 2.24) is 14.5 Å². The van der Waals surface area contributed by atoms with Crippen LogP contribution in [0.15, 0.2) is 53.4 Å². The van der Waals surface area contributed by atoms with Crippen LogP contribution in [0.4, 0.5) is 23.7 Å². The highest BCUT2D eigenvalue weighted by Gasteiger charge is 2.37. The van der Waals surface area contributed by atoms with Gasteiger partial charge in [-0.1, -0.05) is 37.9 Å². The Labute approximate surface area is 225 Å². The molecule has 3 unspecified atom stereocenters. The molecule has 0 saturated carbocycles. The largest absolute Gasteiger partial charge is 0.416 e. The number of hydrogen-bond donors (Lipinski definition) is 2. The zero-order valence-electron chi connectivity index (χ0n) is 21.1. The Morgan fingerprint density at radius 1 is 1.13 bits per heavy atom. The van der Waals surface area contributed by atoms with E-state index in [-0.39, 0.29) is 36.1 Å². The van der Waals surface area contributed by atoms with E-state index in [2.05, 4.69) is 10.0 Å². The maximum Gasteiger partial charge on any atom is 0.416 e. The maximum absolute atomic E-state index is 13.5. The Morgan fingerprint density at radius 3 is 2.37 bits per heavy atom. The van der Waals surface area contributed by atoms with E-state index in [1.807, 2.05) is 6.92 Å². The molecule has 1 saturated heterocycles. The van der Waals surface area contributed by atoms with Crippen molar-refractivity contribution in [3.05, 3.63) is 59.1 Å². The first-order valence-electron chi connectivity index (χ1n) is 12.0. The molecule has 3 amide bonds. The molecule has 0 spiro atoms. The van der Waals surface area contributed by atoms with E-state index < -0.39 is 45.8 Å². The van der Waals surface area contributed by atoms with E-state index >= 15 is 0 Å². The van der Waals surface area contributed by atoms with Gasteiger partial charge in [0, 0.05) is 36.4 Å². The number of benzene rings is 2. The SMILES string of the molecule is CCC(C)C(NS(=O)(=O)c1ccc(Cl)cc1)C(=O)N1CCN(C(=O)Nc2cccc(C(F)(F)F)c2)C(C)C1. The van der Waals surface area contributed by atoms with Gasteiger partial charge in [-0.15, -0.1) is 0 Å². The Hall–Kier alpha value is -2.83. The van der Waals surface area contributed by atoms with Crippen molar-refractivity contribution in [3.63, 3.8) is 0 Å². The van der Waals surface area contributed by atoms with Crippen LogP contribution in [-0.4, -0.2) is 61.9 Å². The van der Waals surface area contributed by atoms with Crippen LogP contribution in [0.2, 0.25) is 5.02 Å². The topological polar surface area (TPSA) is 98.8 Å². The number of rotatable bonds is 7. The van der Waals surface area contributed by atoms with Crippen LogP contribution in [0, 0.1) is 5.92 Å². The first-order valence-corrected chi connectivity index (χ1v) is 13.9. The summed E-state index contributed by atoms with van der Waals surface area (Å²) >= 11 is 5.86. The van der Waals surface area contributed by atoms with Gasteiger partial charge in [-0.25, -0.2) is 13.2 Å². The van der Waals surface area contributed by atoms with Crippen molar-refractivity contribution >= 4 is 39.2 Å². The smallest absolute Gasteiger partial charge is 0.337 e. The van der Waals surface area contributed by atoms with Crippen molar-refractivity contribution in [2.24, 2.45) is 5.92 Å². The summed E-state index contributed by atoms with van der Waals surface area (Å²) in [7, 11) is -4.01. The normalized spacial score (nSPS) is 18.1. The molecule has 0 radical (unpaired) electrons. The second kappa shape index (κ2) is 11.9. The summed E-state index contributed by atoms with van der Waals surface area (Å²) in [5.74, 6) is -0.733. The van der Waals surface area contributed by atoms with Crippen LogP contribution in [0.25, 0.3) is 0 Å². The summed E-state index contributed by atoms with van der Waals surface area (Å²) in [5, 5.41) is 2.86. The van der Waals surface area contributed by atoms with Gasteiger partial charge in [-0.2, -0.15) is 17.9 Å². The number of nitrogens with one attached hydrogen (secondary N) is 2. The van der Waals surface area contributed by atoms with Gasteiger partial charge in [-0.05, 0) is 55.3 Å². The summed E-state index contributed by atoms with van der Waals surface area (Å²) in [6.45, 7) is 5.71. The standard InChI is InChI=1S/C25H30ClF3N4O4S/c1-4-16(2)22(31-38(36,37)21-10-8-19(26)9-11-21)23(34)32-12-13-33(17(3)15-32)24(35)30-20-7-5-6-18(14-20)25(27,28)29/h5-11,14,16-17,22,31H,4,12-13,15H2,1-3H3,(H,30,35). The highest BCUT2D eigenvalue weighted by Crippen LogP contribution is 2.31. The molecule has 1 heterocycles. The predicted molar refractivity (Wildman–Crippen MR) is 138 cm³/mol. The molecule has 0 bridgehead atoms. The average Bonchev–Trinajstić information content (AvgIpc) is 2.86. The van der Waals surface area contributed by atoms with Gasteiger partial charge >= 0.3 is 12.2 Å². The minimum Gasteiger partial charge on any atom is -0.337 e. The van der Waals surface area contributed by atoms with Gasteiger partial charge in [0.15, 0.2) is 0 Å². The second-order valence-electron chi connectivity index (χ2n) is 9.27. The number of urea groups is 1. The molecule has 8 nitrogen and oxygen atoms in total. The summed E-state index contributed by atoms with van der Waals surface area (Å²) in [6, 6.07) is 7.85. The fourth-order valence-corrected chi connectivity index (χ4v) is 5.54. The molecule has 3 atom stereocenters. The minimum absolute atomic E-state index is 0.00368. The molecule has 2 N–H and O–H groups in total. The van der Waals surface area contributed by atoms with Crippen LogP contribution >= 0.6 is 11.6 Å². The number of carbonyl (C=O) groups excluding carboxylic acids is 2. The molecule has 0 aromatic heterocycles. The molecule has 1 fully saturated rings. The van der Waals surface area contributed by atoms with Gasteiger partial charge in [0.05, 0.1) is 10.5 Å². The van der Waals surface area contributed by atoms with E-state index in [1.54, 1.807) is 13.8 Å². The monoisotopic (exact) mass is 574 g/mol. The van der Waals surface area contributed by atoms with Crippen molar-refractivity contribution in [2.45, 2.75) is 50.3 Å². The Kier molecular flexibility index (Phi) is 9.32. The molecule has 2 aromatic carbocycles. The van der Waals surface area contributed by atoms with E-state index in [0.717, 1.165) is 12.1 Å². The van der Waals surface area contributed by atoms with Gasteiger partial charge in [0.1, 0.15) is 6.04 Å². The fourth-order valence-electron chi connectivity index (χ4n) is 4.12. The zero-order valence-corrected chi connectivity index (χ0v) is 22.7. The summed E-state index contributed by atoms with van der Waals surface area (Å²) in [5.41, 5.74) is -0.875. The van der Waals surface area contributed by atoms with Crippen molar-refractivity contribution in [1.29, 1.82) is 0 Å². The van der Waals surface area contributed by atoms with E-state index in [1.165, 1.54) is 46.2 Å². The van der Waals surface area contributed by atoms with Crippen LogP contribution in [0.5, 0.6) is 0 Å². The van der Waals surface area contributed by atoms with Gasteiger partial charge in [0.25, 0.3) is 0 Å². The third kappa shape index (κ3) is 7.17. The fraction of sp³-hybridized carbons (Fsp3) is 0.440. The molecule has 2 aromatic rings. The lowest BCUT2D eigenvalue weighted by molar-refractivity contribution is -0.137. The van der Waals surface area contributed by atoms with Gasteiger partial charge in [-0.3, -0.25) is 4.79 Å². The van der Waals surface area contributed by atoms with Crippen molar-refractivity contribution in [2.75, 3.05) is 25.0 Å². The number of carbonyl (C=O) groups is 2. The Morgan fingerprint density at radius 2 is 1.79 bits per heavy atom. The third-order valence-electron chi connectivity index (χ3n) is 6.53. The second-order valence-corrected chi connectivity index (χ2v) is 11.4. The minimum atomic E-state index is -4.54. The number of halogens is 4. The molecule has 0 aliphatic carbocycles. The lowest BCUT2D eigenvalue weighted by atomic mass is 9.98. The average molecular weight is 575 g/mol. The highest BCUT2D eigenvalue weighted by molar-refractivity contribution is 7.89. The molecule has 38 heavy (non-hydrogen) atoms. The van der Waals surface area contributed by atoms with Gasteiger partial charge in [0.2, 0.25) is 15.9 Å². The number of alkyl halides is 3. The van der Waals surface area contributed by atoms with E-state index in [9.17, 15) is 31.2 Å². The first-order chi connectivity index (χ1) is 17.7. The number of sulfonamides is 1. The summed E-state index contributed by atoms with van der Waals surface area (Å²) < 4.78 is 67.5. The van der Waals surface area contributed by atoms with Crippen LogP contribution in [0.3, 0.4) is 0 Å². The van der Waals surface area contributed by atoms with Crippen LogP contribution < -0.4 is 10.0 Å². The number of amides is 3. The van der Waals surface area contributed by atoms with Gasteiger partial charge < -0.3 is 15.1 Å². The zero-order chi connectivity index (χ0) is 28.3. The van der Waals surface area contributed by atoms with E-state index in [0.29, 0.717) is 11.4 Å². The number of piperazine rings is 1. The molecule has 1 aliphatic heterocycles. The molecule has 13 heteroatoms. The molecule has 1 aliphatic rings. The predicted octanol–water partition coefficient (Wildman–Crippen LogP) is 4.82. The maximum atomic E-state index is 13.5. The molecule has 3 rings (SSSR count). The molecule has 208 valence electrons. The Bertz CT molecular complexity index is 1260. The van der Waals surface area contributed by atoms with Crippen molar-refractivity contribution in [3.8, 4) is 0 Å². The van der Waals surface area contributed by atoms with E-state index in [4.69, 9.17) is 11.6 Å². The summed E-state index contributed by atoms with van der Waals surface area (Å²) in [6.07, 6.45) is -4.00. The summed E-state index contributed by atoms with van der Waals surface area (Å²) in [4.78, 5) is 29.2. The van der Waals surface area contributed by atoms with Crippen LogP contribution in [-0.2, 0) is 21.0 Å². The van der Waals surface area contributed by atoms with Crippen LogP contribution in [0.1, 0.15) is 32.8 Å². The highest BCUT2D eigenvalue weighted by atomic mass is 35.5. The quantitative estimate of drug-likeness (QED) is 0.495. The third-order valence-corrected chi connectivity index (χ3v) is 8.24. The lowest BCUT2D eigenvalue weighted by Gasteiger charge is -2.41. The number of anilines is 1. The van der Waals surface area contributed by atoms with Crippen molar-refractivity contribution < 1.29 is 31.2 Å². The lowest BCUT2D eigenvalue weighted by Crippen LogP contribution is -2.60. The number of hydrogen-bond acceptors (Lipinski definition) is 4. The Balaban J connectivity index is 1.69.